The Kier molecular flexibility index (Phi) is 3.63. The highest BCUT2D eigenvalue weighted by molar-refractivity contribution is 9.10. The number of hydrogen-bond donors (Lipinski definition) is 1. The van der Waals surface area contributed by atoms with Crippen LogP contribution in [0.3, 0.4) is 0 Å². The fraction of sp³-hybridized carbons (Fsp3) is 0.944. The zero-order valence-electron chi connectivity index (χ0n) is 13.0. The second-order valence-corrected chi connectivity index (χ2v) is 10.4. The molecule has 2 nitrogen and oxygen atoms in total. The summed E-state index contributed by atoms with van der Waals surface area (Å²) in [5.74, 6) is 2.11. The van der Waals surface area contributed by atoms with Crippen LogP contribution in [0.15, 0.2) is 0 Å². The molecular formula is C18H28BrNO. The molecule has 0 spiro atoms. The Morgan fingerprint density at radius 1 is 1.05 bits per heavy atom. The summed E-state index contributed by atoms with van der Waals surface area (Å²) in [4.78, 5) is 12.6. The highest BCUT2D eigenvalue weighted by atomic mass is 79.9. The van der Waals surface area contributed by atoms with E-state index in [0.29, 0.717) is 21.7 Å². The van der Waals surface area contributed by atoms with Crippen molar-refractivity contribution in [1.82, 2.24) is 5.32 Å². The molecule has 118 valence electrons. The van der Waals surface area contributed by atoms with Gasteiger partial charge in [0.15, 0.2) is 0 Å². The zero-order valence-corrected chi connectivity index (χ0v) is 14.6. The minimum atomic E-state index is 0.326. The summed E-state index contributed by atoms with van der Waals surface area (Å²) in [7, 11) is 0. The summed E-state index contributed by atoms with van der Waals surface area (Å²) in [5.41, 5.74) is 0.326. The lowest BCUT2D eigenvalue weighted by Gasteiger charge is -2.60. The van der Waals surface area contributed by atoms with Crippen LogP contribution in [0, 0.1) is 17.3 Å². The highest BCUT2D eigenvalue weighted by Crippen LogP contribution is 2.65. The van der Waals surface area contributed by atoms with Gasteiger partial charge in [-0.05, 0) is 68.6 Å². The maximum atomic E-state index is 12.6. The monoisotopic (exact) mass is 353 g/mol. The molecule has 0 heterocycles. The fourth-order valence-corrected chi connectivity index (χ4v) is 7.92. The van der Waals surface area contributed by atoms with Crippen LogP contribution < -0.4 is 5.32 Å². The molecule has 1 amide bonds. The minimum Gasteiger partial charge on any atom is -0.353 e. The van der Waals surface area contributed by atoms with Crippen molar-refractivity contribution in [2.45, 2.75) is 87.4 Å². The molecule has 3 heteroatoms. The van der Waals surface area contributed by atoms with E-state index in [1.807, 2.05) is 0 Å². The second kappa shape index (κ2) is 5.25. The Hall–Kier alpha value is -0.0500. The molecule has 0 saturated heterocycles. The number of halogens is 1. The van der Waals surface area contributed by atoms with Crippen LogP contribution in [0.2, 0.25) is 0 Å². The summed E-state index contributed by atoms with van der Waals surface area (Å²) in [6.07, 6.45) is 15.2. The first kappa shape index (κ1) is 14.5. The molecule has 1 N–H and O–H groups in total. The highest BCUT2D eigenvalue weighted by Gasteiger charge is 2.57. The Balaban J connectivity index is 1.40. The second-order valence-electron chi connectivity index (χ2n) is 8.69. The van der Waals surface area contributed by atoms with Crippen molar-refractivity contribution in [2.24, 2.45) is 17.3 Å². The third-order valence-corrected chi connectivity index (χ3v) is 7.54. The molecule has 0 aliphatic heterocycles. The lowest BCUT2D eigenvalue weighted by Crippen LogP contribution is -2.54. The standard InChI is InChI=1S/C18H28BrNO/c19-18-9-13-6-14(10-18)8-17(7-13,12-18)11-16(21)20-15-4-2-1-3-5-15/h13-15H,1-12H2,(H,20,21)/t13-,14-,17?,18?/m0/s1. The summed E-state index contributed by atoms with van der Waals surface area (Å²) < 4.78 is 0.377. The number of amides is 1. The van der Waals surface area contributed by atoms with Crippen LogP contribution in [0.25, 0.3) is 0 Å². The molecule has 5 aliphatic rings. The first-order valence-electron chi connectivity index (χ1n) is 9.03. The van der Waals surface area contributed by atoms with E-state index in [2.05, 4.69) is 21.2 Å². The summed E-state index contributed by atoms with van der Waals surface area (Å²) in [6.45, 7) is 0. The molecule has 0 aromatic heterocycles. The molecule has 5 rings (SSSR count). The Bertz CT molecular complexity index is 415. The van der Waals surface area contributed by atoms with E-state index in [0.717, 1.165) is 18.3 Å². The smallest absolute Gasteiger partial charge is 0.220 e. The SMILES string of the molecule is O=C(CC12C[C@@H]3C[C@H](CC(Br)(C3)C1)C2)NC1CCCCC1. The van der Waals surface area contributed by atoms with E-state index >= 15 is 0 Å². The van der Waals surface area contributed by atoms with Gasteiger partial charge in [0.25, 0.3) is 0 Å². The van der Waals surface area contributed by atoms with Gasteiger partial charge in [-0.2, -0.15) is 0 Å². The average molecular weight is 354 g/mol. The third kappa shape index (κ3) is 2.92. The Morgan fingerprint density at radius 2 is 1.71 bits per heavy atom. The molecular weight excluding hydrogens is 326 g/mol. The van der Waals surface area contributed by atoms with Crippen LogP contribution in [-0.2, 0) is 4.79 Å². The molecule has 2 atom stereocenters. The van der Waals surface area contributed by atoms with E-state index in [9.17, 15) is 4.79 Å². The summed E-state index contributed by atoms with van der Waals surface area (Å²) >= 11 is 4.05. The number of hydrogen-bond acceptors (Lipinski definition) is 1. The Labute approximate surface area is 136 Å². The molecule has 5 fully saturated rings. The lowest BCUT2D eigenvalue weighted by atomic mass is 9.48. The number of carbonyl (C=O) groups is 1. The molecule has 21 heavy (non-hydrogen) atoms. The molecule has 0 radical (unpaired) electrons. The van der Waals surface area contributed by atoms with Crippen molar-refractivity contribution in [2.75, 3.05) is 0 Å². The molecule has 0 unspecified atom stereocenters. The van der Waals surface area contributed by atoms with Gasteiger partial charge in [-0.15, -0.1) is 0 Å². The van der Waals surface area contributed by atoms with E-state index in [-0.39, 0.29) is 0 Å². The maximum absolute atomic E-state index is 12.6. The van der Waals surface area contributed by atoms with Crippen molar-refractivity contribution < 1.29 is 4.79 Å². The quantitative estimate of drug-likeness (QED) is 0.740. The van der Waals surface area contributed by atoms with Gasteiger partial charge >= 0.3 is 0 Å². The number of alkyl halides is 1. The van der Waals surface area contributed by atoms with E-state index in [1.165, 1.54) is 70.6 Å². The van der Waals surface area contributed by atoms with Gasteiger partial charge < -0.3 is 5.32 Å². The first-order chi connectivity index (χ1) is 10.0. The molecule has 5 saturated carbocycles. The first-order valence-corrected chi connectivity index (χ1v) is 9.82. The molecule has 5 aliphatic carbocycles. The van der Waals surface area contributed by atoms with Crippen LogP contribution >= 0.6 is 15.9 Å². The fourth-order valence-electron chi connectivity index (χ4n) is 6.41. The van der Waals surface area contributed by atoms with Crippen molar-refractivity contribution in [3.8, 4) is 0 Å². The Morgan fingerprint density at radius 3 is 2.33 bits per heavy atom. The van der Waals surface area contributed by atoms with E-state index in [1.54, 1.807) is 0 Å². The van der Waals surface area contributed by atoms with Gasteiger partial charge in [-0.3, -0.25) is 4.79 Å². The summed E-state index contributed by atoms with van der Waals surface area (Å²) in [5, 5.41) is 3.35. The van der Waals surface area contributed by atoms with Crippen LogP contribution in [0.4, 0.5) is 0 Å². The van der Waals surface area contributed by atoms with Gasteiger partial charge in [-0.1, -0.05) is 35.2 Å². The van der Waals surface area contributed by atoms with Crippen molar-refractivity contribution in [3.63, 3.8) is 0 Å². The van der Waals surface area contributed by atoms with Gasteiger partial charge in [0.1, 0.15) is 0 Å². The molecule has 0 aromatic rings. The predicted molar refractivity (Wildman–Crippen MR) is 88.4 cm³/mol. The maximum Gasteiger partial charge on any atom is 0.220 e. The van der Waals surface area contributed by atoms with Crippen LogP contribution in [-0.4, -0.2) is 16.3 Å². The van der Waals surface area contributed by atoms with Gasteiger partial charge in [0.2, 0.25) is 5.91 Å². The number of carbonyl (C=O) groups excluding carboxylic acids is 1. The third-order valence-electron chi connectivity index (χ3n) is 6.62. The van der Waals surface area contributed by atoms with E-state index < -0.39 is 0 Å². The lowest BCUT2D eigenvalue weighted by molar-refractivity contribution is -0.129. The average Bonchev–Trinajstić information content (AvgIpc) is 2.35. The minimum absolute atomic E-state index is 0.326. The summed E-state index contributed by atoms with van der Waals surface area (Å²) in [6, 6.07) is 0.470. The van der Waals surface area contributed by atoms with E-state index in [4.69, 9.17) is 0 Å². The van der Waals surface area contributed by atoms with Crippen molar-refractivity contribution in [1.29, 1.82) is 0 Å². The molecule has 0 aromatic carbocycles. The van der Waals surface area contributed by atoms with Gasteiger partial charge in [-0.25, -0.2) is 0 Å². The predicted octanol–water partition coefficient (Wildman–Crippen LogP) is 4.56. The largest absolute Gasteiger partial charge is 0.353 e. The molecule has 4 bridgehead atoms. The normalized spacial score (nSPS) is 45.8. The van der Waals surface area contributed by atoms with Crippen LogP contribution in [0.5, 0.6) is 0 Å². The van der Waals surface area contributed by atoms with Crippen LogP contribution in [0.1, 0.15) is 77.0 Å². The van der Waals surface area contributed by atoms with Gasteiger partial charge in [0, 0.05) is 16.8 Å². The van der Waals surface area contributed by atoms with Crippen molar-refractivity contribution in [3.05, 3.63) is 0 Å². The van der Waals surface area contributed by atoms with Gasteiger partial charge in [0.05, 0.1) is 0 Å². The zero-order chi connectivity index (χ0) is 14.5. The number of nitrogens with one attached hydrogen (secondary N) is 1. The van der Waals surface area contributed by atoms with Crippen molar-refractivity contribution >= 4 is 21.8 Å². The topological polar surface area (TPSA) is 29.1 Å². The number of rotatable bonds is 3.